The zero-order valence-corrected chi connectivity index (χ0v) is 20.6. The number of nitrogens with zero attached hydrogens (tertiary/aromatic N) is 4. The fourth-order valence-corrected chi connectivity index (χ4v) is 4.75. The maximum atomic E-state index is 12.6. The number of nitrogens with one attached hydrogen (secondary N) is 3. The van der Waals surface area contributed by atoms with E-state index < -0.39 is 0 Å². The van der Waals surface area contributed by atoms with Gasteiger partial charge in [0.25, 0.3) is 0 Å². The van der Waals surface area contributed by atoms with Crippen molar-refractivity contribution in [3.8, 4) is 33.6 Å². The van der Waals surface area contributed by atoms with Gasteiger partial charge in [-0.2, -0.15) is 5.10 Å². The third-order valence-electron chi connectivity index (χ3n) is 6.61. The van der Waals surface area contributed by atoms with Crippen LogP contribution >= 0.6 is 0 Å². The summed E-state index contributed by atoms with van der Waals surface area (Å²) in [6.07, 6.45) is 12.4. The van der Waals surface area contributed by atoms with E-state index in [4.69, 9.17) is 4.42 Å². The average molecular weight is 512 g/mol. The van der Waals surface area contributed by atoms with E-state index in [0.29, 0.717) is 17.8 Å². The van der Waals surface area contributed by atoms with Crippen LogP contribution in [-0.2, 0) is 11.2 Å². The molecule has 3 N–H and O–H groups in total. The highest BCUT2D eigenvalue weighted by Gasteiger charge is 2.16. The predicted molar refractivity (Wildman–Crippen MR) is 149 cm³/mol. The van der Waals surface area contributed by atoms with Gasteiger partial charge in [-0.1, -0.05) is 30.3 Å². The Morgan fingerprint density at radius 3 is 2.62 bits per heavy atom. The molecule has 0 aliphatic carbocycles. The van der Waals surface area contributed by atoms with Gasteiger partial charge in [0.15, 0.2) is 5.65 Å². The molecule has 0 radical (unpaired) electrons. The number of carbonyl (C=O) groups is 1. The van der Waals surface area contributed by atoms with E-state index in [1.54, 1.807) is 37.3 Å². The first-order valence-electron chi connectivity index (χ1n) is 12.3. The number of furan rings is 1. The molecule has 0 fully saturated rings. The van der Waals surface area contributed by atoms with Crippen LogP contribution in [0.1, 0.15) is 5.56 Å². The second-order valence-corrected chi connectivity index (χ2v) is 9.21. The Kier molecular flexibility index (Phi) is 5.44. The van der Waals surface area contributed by atoms with E-state index in [2.05, 4.69) is 41.5 Å². The average Bonchev–Trinajstić information content (AvgIpc) is 3.73. The fourth-order valence-electron chi connectivity index (χ4n) is 4.75. The number of hydrogen-bond acceptors (Lipinski definition) is 6. The zero-order valence-electron chi connectivity index (χ0n) is 20.6. The molecule has 6 heterocycles. The summed E-state index contributed by atoms with van der Waals surface area (Å²) < 4.78 is 5.27. The lowest BCUT2D eigenvalue weighted by molar-refractivity contribution is -0.115. The molecule has 0 aliphatic rings. The summed E-state index contributed by atoms with van der Waals surface area (Å²) in [5, 5.41) is 12.4. The lowest BCUT2D eigenvalue weighted by Crippen LogP contribution is -2.14. The minimum atomic E-state index is -0.103. The molecule has 188 valence electrons. The normalized spacial score (nSPS) is 11.3. The van der Waals surface area contributed by atoms with Gasteiger partial charge >= 0.3 is 0 Å². The number of benzene rings is 1. The third-order valence-corrected chi connectivity index (χ3v) is 6.61. The molecule has 6 aromatic heterocycles. The smallest absolute Gasteiger partial charge is 0.228 e. The summed E-state index contributed by atoms with van der Waals surface area (Å²) in [6.45, 7) is 0. The van der Waals surface area contributed by atoms with E-state index in [0.717, 1.165) is 55.5 Å². The monoisotopic (exact) mass is 511 g/mol. The SMILES string of the molecule is O=C(Cc1ccccc1)Nc1cncc(-c2cnc3[nH]nc(-c4cc5c(-c6ccoc6)cncc5[nH]4)c3c2)c1. The van der Waals surface area contributed by atoms with Crippen molar-refractivity contribution in [2.75, 3.05) is 5.32 Å². The molecule has 0 aliphatic heterocycles. The second-order valence-electron chi connectivity index (χ2n) is 9.21. The molecule has 1 aromatic carbocycles. The Morgan fingerprint density at radius 2 is 1.74 bits per heavy atom. The van der Waals surface area contributed by atoms with Crippen molar-refractivity contribution in [2.45, 2.75) is 6.42 Å². The number of aromatic amines is 2. The first kappa shape index (κ1) is 22.6. The summed E-state index contributed by atoms with van der Waals surface area (Å²) in [6, 6.07) is 17.5. The molecule has 7 rings (SSSR count). The molecule has 0 spiro atoms. The number of hydrogen-bond donors (Lipinski definition) is 3. The standard InChI is InChI=1S/C30H21N7O2/c38-28(8-18-4-2-1-3-5-18)34-22-9-20(12-31-14-22)21-10-24-29(36-37-30(24)33-13-21)26-11-23-25(19-6-7-39-17-19)15-32-16-27(23)35-26/h1-7,9-17,35H,8H2,(H,34,38)(H,33,36,37). The van der Waals surface area contributed by atoms with Crippen LogP contribution in [0.15, 0.2) is 103 Å². The summed E-state index contributed by atoms with van der Waals surface area (Å²) >= 11 is 0. The predicted octanol–water partition coefficient (Wildman–Crippen LogP) is 6.00. The van der Waals surface area contributed by atoms with Crippen molar-refractivity contribution in [3.63, 3.8) is 0 Å². The molecule has 0 unspecified atom stereocenters. The van der Waals surface area contributed by atoms with E-state index in [9.17, 15) is 4.79 Å². The van der Waals surface area contributed by atoms with Gasteiger partial charge in [0, 0.05) is 51.6 Å². The maximum Gasteiger partial charge on any atom is 0.228 e. The van der Waals surface area contributed by atoms with E-state index in [-0.39, 0.29) is 5.91 Å². The highest BCUT2D eigenvalue weighted by Crippen LogP contribution is 2.34. The summed E-state index contributed by atoms with van der Waals surface area (Å²) in [5.74, 6) is -0.103. The van der Waals surface area contributed by atoms with Gasteiger partial charge in [-0.05, 0) is 29.8 Å². The molecule has 9 heteroatoms. The quantitative estimate of drug-likeness (QED) is 0.251. The molecule has 0 saturated heterocycles. The van der Waals surface area contributed by atoms with E-state index >= 15 is 0 Å². The zero-order chi connectivity index (χ0) is 26.2. The van der Waals surface area contributed by atoms with Crippen molar-refractivity contribution < 1.29 is 9.21 Å². The Labute approximate surface area is 222 Å². The number of amides is 1. The Bertz CT molecular complexity index is 1940. The first-order valence-corrected chi connectivity index (χ1v) is 12.3. The summed E-state index contributed by atoms with van der Waals surface area (Å²) in [7, 11) is 0. The van der Waals surface area contributed by atoms with Gasteiger partial charge in [0.1, 0.15) is 5.69 Å². The third kappa shape index (κ3) is 4.31. The summed E-state index contributed by atoms with van der Waals surface area (Å²) in [5.41, 5.74) is 8.33. The second kappa shape index (κ2) is 9.38. The molecule has 1 amide bonds. The molecular weight excluding hydrogens is 490 g/mol. The minimum absolute atomic E-state index is 0.103. The first-order chi connectivity index (χ1) is 19.2. The van der Waals surface area contributed by atoms with Crippen LogP contribution in [0.5, 0.6) is 0 Å². The van der Waals surface area contributed by atoms with Gasteiger partial charge in [-0.3, -0.25) is 19.9 Å². The van der Waals surface area contributed by atoms with Gasteiger partial charge < -0.3 is 14.7 Å². The van der Waals surface area contributed by atoms with Gasteiger partial charge in [-0.25, -0.2) is 4.98 Å². The Balaban J connectivity index is 1.21. The lowest BCUT2D eigenvalue weighted by Gasteiger charge is -2.07. The van der Waals surface area contributed by atoms with Crippen molar-refractivity contribution in [1.29, 1.82) is 0 Å². The molecule has 0 bridgehead atoms. The van der Waals surface area contributed by atoms with Crippen LogP contribution in [0.3, 0.4) is 0 Å². The van der Waals surface area contributed by atoms with Gasteiger partial charge in [-0.15, -0.1) is 0 Å². The maximum absolute atomic E-state index is 12.6. The Hall–Kier alpha value is -5.57. The number of fused-ring (bicyclic) bond motifs is 2. The summed E-state index contributed by atoms with van der Waals surface area (Å²) in [4.78, 5) is 29.3. The largest absolute Gasteiger partial charge is 0.472 e. The van der Waals surface area contributed by atoms with E-state index in [1.807, 2.05) is 54.7 Å². The topological polar surface area (TPSA) is 125 Å². The van der Waals surface area contributed by atoms with Crippen molar-refractivity contribution in [2.24, 2.45) is 0 Å². The van der Waals surface area contributed by atoms with Crippen LogP contribution in [0.2, 0.25) is 0 Å². The number of pyridine rings is 3. The van der Waals surface area contributed by atoms with Crippen molar-refractivity contribution in [1.82, 2.24) is 30.1 Å². The molecule has 7 aromatic rings. The van der Waals surface area contributed by atoms with Crippen LogP contribution < -0.4 is 5.32 Å². The number of rotatable bonds is 6. The van der Waals surface area contributed by atoms with Crippen molar-refractivity contribution >= 4 is 33.5 Å². The van der Waals surface area contributed by atoms with Crippen LogP contribution in [0.4, 0.5) is 5.69 Å². The fraction of sp³-hybridized carbons (Fsp3) is 0.0333. The van der Waals surface area contributed by atoms with Crippen molar-refractivity contribution in [3.05, 3.63) is 104 Å². The van der Waals surface area contributed by atoms with Gasteiger partial charge in [0.05, 0.1) is 48.2 Å². The lowest BCUT2D eigenvalue weighted by atomic mass is 10.1. The molecule has 0 saturated carbocycles. The van der Waals surface area contributed by atoms with Crippen LogP contribution in [0.25, 0.3) is 55.6 Å². The number of anilines is 1. The molecular formula is C30H21N7O2. The van der Waals surface area contributed by atoms with Crippen LogP contribution in [-0.4, -0.2) is 36.0 Å². The Morgan fingerprint density at radius 1 is 0.872 bits per heavy atom. The van der Waals surface area contributed by atoms with E-state index in [1.165, 1.54) is 0 Å². The minimum Gasteiger partial charge on any atom is -0.472 e. The van der Waals surface area contributed by atoms with Gasteiger partial charge in [0.2, 0.25) is 5.91 Å². The highest BCUT2D eigenvalue weighted by atomic mass is 16.3. The van der Waals surface area contributed by atoms with Crippen LogP contribution in [0, 0.1) is 0 Å². The highest BCUT2D eigenvalue weighted by molar-refractivity contribution is 6.00. The molecule has 9 nitrogen and oxygen atoms in total. The molecule has 39 heavy (non-hydrogen) atoms. The number of aromatic nitrogens is 6. The number of carbonyl (C=O) groups excluding carboxylic acids is 1. The molecule has 0 atom stereocenters. The number of H-pyrrole nitrogens is 2.